The quantitative estimate of drug-likeness (QED) is 0.773. The van der Waals surface area contributed by atoms with Crippen LogP contribution in [-0.4, -0.2) is 37.3 Å². The SMILES string of the molecule is O=C(NC(=S)Nc1cc(C(F)(F)F)ccc1N1CCOCC1)c1ccco1. The molecule has 1 aromatic carbocycles. The number of halogens is 3. The summed E-state index contributed by atoms with van der Waals surface area (Å²) in [5.74, 6) is -0.561. The number of alkyl halides is 3. The van der Waals surface area contributed by atoms with E-state index in [1.54, 1.807) is 0 Å². The van der Waals surface area contributed by atoms with E-state index >= 15 is 0 Å². The molecule has 144 valence electrons. The van der Waals surface area contributed by atoms with Crippen LogP contribution in [0.25, 0.3) is 0 Å². The van der Waals surface area contributed by atoms with Gasteiger partial charge in [0, 0.05) is 13.1 Å². The van der Waals surface area contributed by atoms with Crippen LogP contribution in [0.4, 0.5) is 24.5 Å². The molecule has 3 rings (SSSR count). The number of hydrogen-bond acceptors (Lipinski definition) is 5. The van der Waals surface area contributed by atoms with E-state index in [4.69, 9.17) is 21.4 Å². The molecule has 1 fully saturated rings. The fraction of sp³-hybridized carbons (Fsp3) is 0.294. The highest BCUT2D eigenvalue weighted by Gasteiger charge is 2.31. The Labute approximate surface area is 158 Å². The van der Waals surface area contributed by atoms with Crippen LogP contribution in [0.2, 0.25) is 0 Å². The molecule has 0 saturated carbocycles. The van der Waals surface area contributed by atoms with E-state index in [0.29, 0.717) is 32.0 Å². The normalized spacial score (nSPS) is 14.7. The van der Waals surface area contributed by atoms with Crippen LogP contribution in [0.15, 0.2) is 41.0 Å². The van der Waals surface area contributed by atoms with Crippen LogP contribution in [0, 0.1) is 0 Å². The lowest BCUT2D eigenvalue weighted by atomic mass is 10.1. The van der Waals surface area contributed by atoms with E-state index in [1.807, 2.05) is 4.90 Å². The molecule has 2 N–H and O–H groups in total. The third-order valence-corrected chi connectivity index (χ3v) is 4.10. The number of carbonyl (C=O) groups excluding carboxylic acids is 1. The van der Waals surface area contributed by atoms with Gasteiger partial charge in [-0.25, -0.2) is 0 Å². The summed E-state index contributed by atoms with van der Waals surface area (Å²) in [7, 11) is 0. The molecule has 2 aromatic rings. The second-order valence-corrected chi connectivity index (χ2v) is 6.12. The lowest BCUT2D eigenvalue weighted by Crippen LogP contribution is -2.38. The average Bonchev–Trinajstić information content (AvgIpc) is 3.16. The van der Waals surface area contributed by atoms with Gasteiger partial charge in [0.15, 0.2) is 10.9 Å². The highest BCUT2D eigenvalue weighted by Crippen LogP contribution is 2.35. The average molecular weight is 399 g/mol. The van der Waals surface area contributed by atoms with Crippen molar-refractivity contribution in [1.82, 2.24) is 5.32 Å². The Kier molecular flexibility index (Phi) is 5.66. The van der Waals surface area contributed by atoms with Gasteiger partial charge < -0.3 is 19.4 Å². The summed E-state index contributed by atoms with van der Waals surface area (Å²) in [5, 5.41) is 4.94. The van der Waals surface area contributed by atoms with Crippen LogP contribution in [0.5, 0.6) is 0 Å². The summed E-state index contributed by atoms with van der Waals surface area (Å²) in [5.41, 5.74) is -0.125. The monoisotopic (exact) mass is 399 g/mol. The number of furan rings is 1. The fourth-order valence-electron chi connectivity index (χ4n) is 2.62. The topological polar surface area (TPSA) is 66.7 Å². The lowest BCUT2D eigenvalue weighted by molar-refractivity contribution is -0.137. The maximum Gasteiger partial charge on any atom is 0.416 e. The first-order valence-electron chi connectivity index (χ1n) is 8.04. The maximum atomic E-state index is 13.1. The predicted molar refractivity (Wildman–Crippen MR) is 96.9 cm³/mol. The number of amides is 1. The van der Waals surface area contributed by atoms with Gasteiger partial charge in [0.1, 0.15) is 0 Å². The standard InChI is InChI=1S/C17H16F3N3O3S/c18-17(19,20)11-3-4-13(23-5-8-25-9-6-23)12(10-11)21-16(27)22-15(24)14-2-1-7-26-14/h1-4,7,10H,5-6,8-9H2,(H2,21,22,24,27). The Morgan fingerprint density at radius 2 is 1.93 bits per heavy atom. The van der Waals surface area contributed by atoms with Gasteiger partial charge in [0.25, 0.3) is 5.91 Å². The molecule has 27 heavy (non-hydrogen) atoms. The Morgan fingerprint density at radius 3 is 2.56 bits per heavy atom. The number of nitrogens with one attached hydrogen (secondary N) is 2. The van der Waals surface area contributed by atoms with Gasteiger partial charge in [0.05, 0.1) is 36.4 Å². The summed E-state index contributed by atoms with van der Waals surface area (Å²) in [6.45, 7) is 2.01. The molecule has 1 aliphatic heterocycles. The number of ether oxygens (including phenoxy) is 1. The Bertz CT molecular complexity index is 819. The van der Waals surface area contributed by atoms with E-state index in [0.717, 1.165) is 12.1 Å². The van der Waals surface area contributed by atoms with Gasteiger partial charge in [-0.3, -0.25) is 10.1 Å². The molecule has 0 atom stereocenters. The van der Waals surface area contributed by atoms with Crippen molar-refractivity contribution in [3.63, 3.8) is 0 Å². The van der Waals surface area contributed by atoms with Crippen molar-refractivity contribution in [2.45, 2.75) is 6.18 Å². The summed E-state index contributed by atoms with van der Waals surface area (Å²) < 4.78 is 49.5. The number of carbonyl (C=O) groups is 1. The lowest BCUT2D eigenvalue weighted by Gasteiger charge is -2.31. The molecule has 0 bridgehead atoms. The Balaban J connectivity index is 1.82. The molecule has 1 amide bonds. The first kappa shape index (κ1) is 19.2. The minimum absolute atomic E-state index is 0.0385. The van der Waals surface area contributed by atoms with E-state index in [2.05, 4.69) is 10.6 Å². The van der Waals surface area contributed by atoms with Crippen LogP contribution in [0.1, 0.15) is 16.1 Å². The van der Waals surface area contributed by atoms with Crippen LogP contribution < -0.4 is 15.5 Å². The highest BCUT2D eigenvalue weighted by molar-refractivity contribution is 7.80. The van der Waals surface area contributed by atoms with Gasteiger partial charge in [-0.2, -0.15) is 13.2 Å². The molecule has 1 saturated heterocycles. The predicted octanol–water partition coefficient (Wildman–Crippen LogP) is 3.26. The smallest absolute Gasteiger partial charge is 0.416 e. The second kappa shape index (κ2) is 7.97. The van der Waals surface area contributed by atoms with Gasteiger partial charge in [-0.05, 0) is 42.5 Å². The van der Waals surface area contributed by atoms with Crippen LogP contribution >= 0.6 is 12.2 Å². The third-order valence-electron chi connectivity index (χ3n) is 3.90. The number of thiocarbonyl (C=S) groups is 1. The zero-order chi connectivity index (χ0) is 19.4. The van der Waals surface area contributed by atoms with Crippen molar-refractivity contribution in [3.8, 4) is 0 Å². The molecule has 10 heteroatoms. The van der Waals surface area contributed by atoms with Gasteiger partial charge >= 0.3 is 6.18 Å². The molecule has 6 nitrogen and oxygen atoms in total. The number of rotatable bonds is 3. The molecule has 0 aliphatic carbocycles. The second-order valence-electron chi connectivity index (χ2n) is 5.71. The molecular weight excluding hydrogens is 383 g/mol. The van der Waals surface area contributed by atoms with Crippen molar-refractivity contribution < 1.29 is 27.1 Å². The number of hydrogen-bond donors (Lipinski definition) is 2. The van der Waals surface area contributed by atoms with Gasteiger partial charge in [-0.1, -0.05) is 0 Å². The van der Waals surface area contributed by atoms with Gasteiger partial charge in [0.2, 0.25) is 0 Å². The third kappa shape index (κ3) is 4.77. The van der Waals surface area contributed by atoms with Crippen LogP contribution in [-0.2, 0) is 10.9 Å². The molecular formula is C17H16F3N3O3S. The number of benzene rings is 1. The minimum atomic E-state index is -4.50. The van der Waals surface area contributed by atoms with Crippen molar-refractivity contribution in [1.29, 1.82) is 0 Å². The minimum Gasteiger partial charge on any atom is -0.459 e. The molecule has 0 radical (unpaired) electrons. The highest BCUT2D eigenvalue weighted by atomic mass is 32.1. The van der Waals surface area contributed by atoms with E-state index in [1.165, 1.54) is 24.5 Å². The van der Waals surface area contributed by atoms with E-state index in [-0.39, 0.29) is 16.6 Å². The first-order valence-corrected chi connectivity index (χ1v) is 8.45. The zero-order valence-corrected chi connectivity index (χ0v) is 14.8. The summed E-state index contributed by atoms with van der Waals surface area (Å²) in [6.07, 6.45) is -3.17. The Morgan fingerprint density at radius 1 is 1.19 bits per heavy atom. The van der Waals surface area contributed by atoms with E-state index in [9.17, 15) is 18.0 Å². The summed E-state index contributed by atoms with van der Waals surface area (Å²) >= 11 is 5.07. The van der Waals surface area contributed by atoms with Crippen LogP contribution in [0.3, 0.4) is 0 Å². The Hall–Kier alpha value is -2.59. The number of anilines is 2. The molecule has 0 spiro atoms. The van der Waals surface area contributed by atoms with Crippen molar-refractivity contribution >= 4 is 34.6 Å². The van der Waals surface area contributed by atoms with Crippen molar-refractivity contribution in [2.75, 3.05) is 36.5 Å². The summed E-state index contributed by atoms with van der Waals surface area (Å²) in [4.78, 5) is 13.9. The molecule has 0 unspecified atom stereocenters. The molecule has 1 aromatic heterocycles. The van der Waals surface area contributed by atoms with Gasteiger partial charge in [-0.15, -0.1) is 0 Å². The maximum absolute atomic E-state index is 13.1. The zero-order valence-electron chi connectivity index (χ0n) is 14.0. The first-order chi connectivity index (χ1) is 12.8. The molecule has 1 aliphatic rings. The number of morpholine rings is 1. The summed E-state index contributed by atoms with van der Waals surface area (Å²) in [6, 6.07) is 6.35. The molecule has 2 heterocycles. The number of nitrogens with zero attached hydrogens (tertiary/aromatic N) is 1. The van der Waals surface area contributed by atoms with Crippen molar-refractivity contribution in [3.05, 3.63) is 47.9 Å². The van der Waals surface area contributed by atoms with E-state index < -0.39 is 17.6 Å². The largest absolute Gasteiger partial charge is 0.459 e. The fourth-order valence-corrected chi connectivity index (χ4v) is 2.82. The van der Waals surface area contributed by atoms with Crippen molar-refractivity contribution in [2.24, 2.45) is 0 Å².